The van der Waals surface area contributed by atoms with Crippen LogP contribution in [0.2, 0.25) is 0 Å². The number of nitrogens with two attached hydrogens (primary N) is 3. The fourth-order valence-electron chi connectivity index (χ4n) is 4.06. The smallest absolute Gasteiger partial charge is 0.259 e. The van der Waals surface area contributed by atoms with Crippen molar-refractivity contribution in [3.63, 3.8) is 0 Å². The Balaban J connectivity index is 1.53. The van der Waals surface area contributed by atoms with Gasteiger partial charge in [-0.05, 0) is 29.3 Å². The first-order valence-corrected chi connectivity index (χ1v) is 12.9. The number of nitrogen functional groups attached to an aromatic ring is 1. The minimum absolute atomic E-state index is 0.0109. The van der Waals surface area contributed by atoms with Crippen molar-refractivity contribution < 1.29 is 22.8 Å². The standard InChI is InChI=1S/C26H26N6O5S/c27-23(33)14-26(13-21(32-37-26)18-4-3-5-19(12-18)24(28)29)25(34)31-15-16-8-10-17(11-9-16)20-6-1-2-7-22(20)38(30,35)36/h1-13,32H,14-15H2,(H2,27,33)(H3,28,29)(H,31,34)(H2,30,35,36). The van der Waals surface area contributed by atoms with Crippen molar-refractivity contribution >= 4 is 33.4 Å². The largest absolute Gasteiger partial charge is 0.384 e. The molecule has 0 aromatic heterocycles. The van der Waals surface area contributed by atoms with E-state index in [4.69, 9.17) is 26.9 Å². The quantitative estimate of drug-likeness (QED) is 0.174. The number of rotatable bonds is 9. The first-order valence-electron chi connectivity index (χ1n) is 11.4. The highest BCUT2D eigenvalue weighted by Crippen LogP contribution is 2.30. The van der Waals surface area contributed by atoms with E-state index < -0.39 is 33.9 Å². The highest BCUT2D eigenvalue weighted by atomic mass is 32.2. The molecule has 196 valence electrons. The van der Waals surface area contributed by atoms with E-state index in [0.717, 1.165) is 0 Å². The zero-order chi connectivity index (χ0) is 27.5. The number of hydrogen-bond donors (Lipinski definition) is 6. The summed E-state index contributed by atoms with van der Waals surface area (Å²) in [6.07, 6.45) is 1.06. The minimum atomic E-state index is -3.91. The normalized spacial score (nSPS) is 16.8. The number of primary sulfonamides is 1. The number of carbonyl (C=O) groups is 2. The van der Waals surface area contributed by atoms with Crippen molar-refractivity contribution in [2.45, 2.75) is 23.5 Å². The Morgan fingerprint density at radius 3 is 2.34 bits per heavy atom. The number of hydroxylamine groups is 1. The van der Waals surface area contributed by atoms with Gasteiger partial charge >= 0.3 is 0 Å². The second-order valence-corrected chi connectivity index (χ2v) is 10.2. The predicted octanol–water partition coefficient (Wildman–Crippen LogP) is 1.09. The van der Waals surface area contributed by atoms with Gasteiger partial charge in [0.15, 0.2) is 0 Å². The molecule has 2 amide bonds. The van der Waals surface area contributed by atoms with Gasteiger partial charge in [-0.25, -0.2) is 13.6 Å². The molecular formula is C26H26N6O5S. The van der Waals surface area contributed by atoms with E-state index in [0.29, 0.717) is 33.5 Å². The van der Waals surface area contributed by atoms with Crippen molar-refractivity contribution in [3.8, 4) is 11.1 Å². The fraction of sp³-hybridized carbons (Fsp3) is 0.115. The molecule has 12 heteroatoms. The number of hydrogen-bond acceptors (Lipinski definition) is 7. The van der Waals surface area contributed by atoms with Crippen molar-refractivity contribution in [1.82, 2.24) is 10.8 Å². The van der Waals surface area contributed by atoms with Gasteiger partial charge in [0, 0.05) is 23.2 Å². The Morgan fingerprint density at radius 1 is 0.974 bits per heavy atom. The zero-order valence-corrected chi connectivity index (χ0v) is 20.9. The van der Waals surface area contributed by atoms with Crippen LogP contribution in [0.4, 0.5) is 0 Å². The summed E-state index contributed by atoms with van der Waals surface area (Å²) in [5.74, 6) is -1.45. The lowest BCUT2D eigenvalue weighted by atomic mass is 9.95. The Hall–Kier alpha value is -4.52. The molecule has 0 saturated carbocycles. The molecule has 1 aliphatic heterocycles. The zero-order valence-electron chi connectivity index (χ0n) is 20.1. The maximum absolute atomic E-state index is 13.2. The number of amidine groups is 1. The third-order valence-corrected chi connectivity index (χ3v) is 6.91. The maximum atomic E-state index is 13.2. The van der Waals surface area contributed by atoms with Crippen LogP contribution in [-0.2, 0) is 31.0 Å². The molecule has 0 radical (unpaired) electrons. The van der Waals surface area contributed by atoms with E-state index >= 15 is 0 Å². The number of sulfonamides is 1. The van der Waals surface area contributed by atoms with Gasteiger partial charge in [-0.1, -0.05) is 60.7 Å². The van der Waals surface area contributed by atoms with Gasteiger partial charge in [0.1, 0.15) is 5.84 Å². The number of carbonyl (C=O) groups excluding carboxylic acids is 2. The molecule has 0 saturated heterocycles. The van der Waals surface area contributed by atoms with Crippen molar-refractivity contribution in [2.75, 3.05) is 0 Å². The van der Waals surface area contributed by atoms with Gasteiger partial charge in [-0.2, -0.15) is 0 Å². The van der Waals surface area contributed by atoms with Crippen molar-refractivity contribution in [2.24, 2.45) is 16.6 Å². The SMILES string of the molecule is N=C(N)c1cccc(C2=CC(CC(N)=O)(C(=O)NCc3ccc(-c4ccccc4S(N)(=O)=O)cc3)ON2)c1. The summed E-state index contributed by atoms with van der Waals surface area (Å²) in [6, 6.07) is 20.1. The van der Waals surface area contributed by atoms with E-state index in [1.807, 2.05) is 0 Å². The average Bonchev–Trinajstić information content (AvgIpc) is 3.32. The molecule has 38 heavy (non-hydrogen) atoms. The molecule has 4 rings (SSSR count). The van der Waals surface area contributed by atoms with Crippen LogP contribution in [0.1, 0.15) is 23.1 Å². The number of benzene rings is 3. The summed E-state index contributed by atoms with van der Waals surface area (Å²) < 4.78 is 23.8. The number of amides is 2. The van der Waals surface area contributed by atoms with Crippen LogP contribution < -0.4 is 27.4 Å². The second-order valence-electron chi connectivity index (χ2n) is 8.71. The van der Waals surface area contributed by atoms with Crippen LogP contribution >= 0.6 is 0 Å². The molecule has 3 aromatic carbocycles. The van der Waals surface area contributed by atoms with E-state index in [1.54, 1.807) is 66.7 Å². The third-order valence-electron chi connectivity index (χ3n) is 5.94. The lowest BCUT2D eigenvalue weighted by Gasteiger charge is -2.23. The van der Waals surface area contributed by atoms with Gasteiger partial charge in [0.05, 0.1) is 17.0 Å². The van der Waals surface area contributed by atoms with Gasteiger partial charge in [0.25, 0.3) is 5.91 Å². The third kappa shape index (κ3) is 5.72. The first kappa shape index (κ1) is 26.5. The Bertz CT molecular complexity index is 1550. The molecule has 11 nitrogen and oxygen atoms in total. The monoisotopic (exact) mass is 534 g/mol. The molecule has 3 aromatic rings. The van der Waals surface area contributed by atoms with Crippen LogP contribution in [0, 0.1) is 5.41 Å². The van der Waals surface area contributed by atoms with Crippen molar-refractivity contribution in [3.05, 3.63) is 95.6 Å². The number of nitrogens with one attached hydrogen (secondary N) is 3. The van der Waals surface area contributed by atoms with Crippen LogP contribution in [0.3, 0.4) is 0 Å². The topological polar surface area (TPSA) is 203 Å². The molecule has 9 N–H and O–H groups in total. The van der Waals surface area contributed by atoms with Gasteiger partial charge < -0.3 is 16.8 Å². The first-order chi connectivity index (χ1) is 18.0. The summed E-state index contributed by atoms with van der Waals surface area (Å²) >= 11 is 0. The lowest BCUT2D eigenvalue weighted by Crippen LogP contribution is -2.49. The molecule has 1 aliphatic rings. The Morgan fingerprint density at radius 2 is 1.68 bits per heavy atom. The minimum Gasteiger partial charge on any atom is -0.384 e. The van der Waals surface area contributed by atoms with Crippen LogP contribution in [-0.4, -0.2) is 31.7 Å². The second kappa shape index (κ2) is 10.5. The molecular weight excluding hydrogens is 508 g/mol. The van der Waals surface area contributed by atoms with Crippen LogP contribution in [0.25, 0.3) is 16.8 Å². The number of primary amides is 1. The summed E-state index contributed by atoms with van der Waals surface area (Å²) in [5, 5.41) is 15.7. The van der Waals surface area contributed by atoms with E-state index in [2.05, 4.69) is 10.8 Å². The van der Waals surface area contributed by atoms with Gasteiger partial charge in [-0.3, -0.25) is 25.3 Å². The molecule has 1 atom stereocenters. The van der Waals surface area contributed by atoms with E-state index in [9.17, 15) is 18.0 Å². The summed E-state index contributed by atoms with van der Waals surface area (Å²) in [5.41, 5.74) is 15.3. The van der Waals surface area contributed by atoms with E-state index in [-0.39, 0.29) is 17.3 Å². The van der Waals surface area contributed by atoms with E-state index in [1.165, 1.54) is 12.1 Å². The maximum Gasteiger partial charge on any atom is 0.259 e. The highest BCUT2D eigenvalue weighted by Gasteiger charge is 2.44. The van der Waals surface area contributed by atoms with Gasteiger partial charge in [0.2, 0.25) is 21.5 Å². The van der Waals surface area contributed by atoms with Crippen LogP contribution in [0.5, 0.6) is 0 Å². The average molecular weight is 535 g/mol. The molecule has 0 aliphatic carbocycles. The van der Waals surface area contributed by atoms with Crippen molar-refractivity contribution in [1.29, 1.82) is 5.41 Å². The highest BCUT2D eigenvalue weighted by molar-refractivity contribution is 7.89. The molecule has 1 unspecified atom stereocenters. The fourth-order valence-corrected chi connectivity index (χ4v) is 4.82. The lowest BCUT2D eigenvalue weighted by molar-refractivity contribution is -0.148. The summed E-state index contributed by atoms with van der Waals surface area (Å²) in [4.78, 5) is 30.6. The predicted molar refractivity (Wildman–Crippen MR) is 141 cm³/mol. The van der Waals surface area contributed by atoms with Gasteiger partial charge in [-0.15, -0.1) is 0 Å². The summed E-state index contributed by atoms with van der Waals surface area (Å²) in [7, 11) is -3.91. The molecule has 0 fully saturated rings. The Labute approximate surface area is 219 Å². The molecule has 0 bridgehead atoms. The summed E-state index contributed by atoms with van der Waals surface area (Å²) in [6.45, 7) is 0.100. The van der Waals surface area contributed by atoms with Crippen LogP contribution in [0.15, 0.2) is 83.8 Å². The molecule has 1 heterocycles. The Kier molecular flexibility index (Phi) is 7.30. The molecule has 0 spiro atoms.